The summed E-state index contributed by atoms with van der Waals surface area (Å²) in [6, 6.07) is 23.6. The zero-order chi connectivity index (χ0) is 31.6. The van der Waals surface area contributed by atoms with Gasteiger partial charge in [-0.05, 0) is 46.9 Å². The highest BCUT2D eigenvalue weighted by atomic mass is 16.7. The first-order valence-corrected chi connectivity index (χ1v) is 15.6. The van der Waals surface area contributed by atoms with Crippen molar-refractivity contribution in [2.75, 3.05) is 46.0 Å². The molecule has 0 radical (unpaired) electrons. The molecule has 0 spiro atoms. The molecule has 3 aromatic rings. The Balaban J connectivity index is 1.31. The third-order valence-electron chi connectivity index (χ3n) is 8.24. The van der Waals surface area contributed by atoms with Gasteiger partial charge in [-0.25, -0.2) is 4.79 Å². The van der Waals surface area contributed by atoms with Gasteiger partial charge in [0.15, 0.2) is 6.29 Å². The van der Waals surface area contributed by atoms with Gasteiger partial charge in [0.1, 0.15) is 6.54 Å². The number of benzene rings is 3. The van der Waals surface area contributed by atoms with E-state index < -0.39 is 18.3 Å². The minimum absolute atomic E-state index is 0.000511. The monoisotopic (exact) mass is 617 g/mol. The van der Waals surface area contributed by atoms with Crippen LogP contribution in [0.1, 0.15) is 48.5 Å². The number of ether oxygens (including phenoxy) is 4. The number of urea groups is 1. The molecule has 3 N–H and O–H groups in total. The molecular weight excluding hydrogens is 574 g/mol. The first kappa shape index (κ1) is 32.6. The van der Waals surface area contributed by atoms with Crippen LogP contribution in [0.3, 0.4) is 0 Å². The number of carbonyl (C=O) groups is 2. The van der Waals surface area contributed by atoms with Gasteiger partial charge in [-0.1, -0.05) is 67.6 Å². The van der Waals surface area contributed by atoms with Crippen LogP contribution in [0.15, 0.2) is 72.8 Å². The van der Waals surface area contributed by atoms with Crippen LogP contribution in [0.4, 0.5) is 4.79 Å². The number of amides is 2. The summed E-state index contributed by atoms with van der Waals surface area (Å²) in [5.74, 6) is -0.376. The molecule has 2 amide bonds. The molecular formula is C35H43N3O7. The molecule has 2 fully saturated rings. The van der Waals surface area contributed by atoms with Crippen LogP contribution >= 0.6 is 0 Å². The van der Waals surface area contributed by atoms with Gasteiger partial charge in [-0.15, -0.1) is 0 Å². The van der Waals surface area contributed by atoms with Gasteiger partial charge in [0.25, 0.3) is 0 Å². The first-order valence-electron chi connectivity index (χ1n) is 15.6. The average Bonchev–Trinajstić information content (AvgIpc) is 3.08. The van der Waals surface area contributed by atoms with Gasteiger partial charge in [0.2, 0.25) is 0 Å². The Morgan fingerprint density at radius 3 is 2.38 bits per heavy atom. The van der Waals surface area contributed by atoms with Crippen LogP contribution in [-0.4, -0.2) is 74.1 Å². The van der Waals surface area contributed by atoms with Crippen LogP contribution in [0.5, 0.6) is 0 Å². The highest BCUT2D eigenvalue weighted by molar-refractivity contribution is 5.80. The quantitative estimate of drug-likeness (QED) is 0.272. The van der Waals surface area contributed by atoms with Gasteiger partial charge < -0.3 is 34.7 Å². The zero-order valence-electron chi connectivity index (χ0n) is 25.9. The van der Waals surface area contributed by atoms with Crippen molar-refractivity contribution in [3.05, 3.63) is 95.1 Å². The molecule has 10 nitrogen and oxygen atoms in total. The molecule has 45 heavy (non-hydrogen) atoms. The summed E-state index contributed by atoms with van der Waals surface area (Å²) >= 11 is 0. The maximum Gasteiger partial charge on any atom is 0.325 e. The molecule has 2 saturated heterocycles. The third kappa shape index (κ3) is 8.90. The highest BCUT2D eigenvalue weighted by Crippen LogP contribution is 2.42. The number of nitrogens with one attached hydrogen (secondary N) is 2. The van der Waals surface area contributed by atoms with E-state index in [2.05, 4.69) is 28.5 Å². The zero-order valence-corrected chi connectivity index (χ0v) is 25.9. The number of aliphatic hydroxyl groups excluding tert-OH is 1. The maximum atomic E-state index is 12.2. The van der Waals surface area contributed by atoms with Crippen molar-refractivity contribution >= 4 is 12.0 Å². The van der Waals surface area contributed by atoms with Crippen LogP contribution < -0.4 is 10.6 Å². The number of hydrogen-bond donors (Lipinski definition) is 3. The standard InChI is InChI=1S/C35H43N3O7/c1-3-43-32(40)21-37-35(41)36-20-26-6-4-7-28(18-26)29-8-5-9-30(19-29)34-44-31(22-38-14-16-42-17-15-38)24(2)33(45-34)27-12-10-25(23-39)11-13-27/h4-13,18-19,24,31,33-34,39H,3,14-17,20-23H2,1-2H3,(H2,36,37,41)/t24-,31+,33+,34+/m1/s1. The molecule has 3 aromatic carbocycles. The lowest BCUT2D eigenvalue weighted by atomic mass is 9.89. The van der Waals surface area contributed by atoms with Crippen LogP contribution in [0, 0.1) is 5.92 Å². The Morgan fingerprint density at radius 1 is 0.911 bits per heavy atom. The molecule has 240 valence electrons. The summed E-state index contributed by atoms with van der Waals surface area (Å²) in [6.45, 7) is 8.27. The van der Waals surface area contributed by atoms with E-state index >= 15 is 0 Å². The van der Waals surface area contributed by atoms with Gasteiger partial charge in [0, 0.05) is 37.7 Å². The average molecular weight is 618 g/mol. The van der Waals surface area contributed by atoms with Crippen molar-refractivity contribution in [2.24, 2.45) is 5.92 Å². The molecule has 0 unspecified atom stereocenters. The molecule has 4 atom stereocenters. The summed E-state index contributed by atoms with van der Waals surface area (Å²) in [7, 11) is 0. The van der Waals surface area contributed by atoms with E-state index in [9.17, 15) is 14.7 Å². The van der Waals surface area contributed by atoms with E-state index in [-0.39, 0.29) is 37.9 Å². The lowest BCUT2D eigenvalue weighted by molar-refractivity contribution is -0.277. The smallest absolute Gasteiger partial charge is 0.325 e. The largest absolute Gasteiger partial charge is 0.465 e. The minimum atomic E-state index is -0.567. The van der Waals surface area contributed by atoms with Crippen LogP contribution in [-0.2, 0) is 36.9 Å². The van der Waals surface area contributed by atoms with Crippen molar-refractivity contribution in [3.8, 4) is 11.1 Å². The second-order valence-corrected chi connectivity index (χ2v) is 11.4. The van der Waals surface area contributed by atoms with Gasteiger partial charge in [0.05, 0.1) is 38.6 Å². The molecule has 2 aliphatic rings. The number of aliphatic hydroxyl groups is 1. The van der Waals surface area contributed by atoms with Crippen molar-refractivity contribution in [1.82, 2.24) is 15.5 Å². The Kier molecular flexibility index (Phi) is 11.6. The number of rotatable bonds is 11. The van der Waals surface area contributed by atoms with Gasteiger partial charge in [-0.3, -0.25) is 9.69 Å². The molecule has 10 heteroatoms. The fraction of sp³-hybridized carbons (Fsp3) is 0.429. The lowest BCUT2D eigenvalue weighted by Gasteiger charge is -2.43. The molecule has 0 aromatic heterocycles. The lowest BCUT2D eigenvalue weighted by Crippen LogP contribution is -2.47. The molecule has 0 bridgehead atoms. The number of nitrogens with zero attached hydrogens (tertiary/aromatic N) is 1. The Morgan fingerprint density at radius 2 is 1.64 bits per heavy atom. The first-order chi connectivity index (χ1) is 21.9. The van der Waals surface area contributed by atoms with Crippen molar-refractivity contribution in [3.63, 3.8) is 0 Å². The molecule has 5 rings (SSSR count). The second kappa shape index (κ2) is 16.0. The van der Waals surface area contributed by atoms with Gasteiger partial charge in [-0.2, -0.15) is 0 Å². The Bertz CT molecular complexity index is 1410. The predicted octanol–water partition coefficient (Wildman–Crippen LogP) is 4.33. The van der Waals surface area contributed by atoms with E-state index in [0.29, 0.717) is 6.54 Å². The van der Waals surface area contributed by atoms with Crippen molar-refractivity contribution < 1.29 is 33.6 Å². The maximum absolute atomic E-state index is 12.2. The fourth-order valence-corrected chi connectivity index (χ4v) is 5.70. The third-order valence-corrected chi connectivity index (χ3v) is 8.24. The summed E-state index contributed by atoms with van der Waals surface area (Å²) in [4.78, 5) is 26.1. The summed E-state index contributed by atoms with van der Waals surface area (Å²) < 4.78 is 23.8. The molecule has 2 aliphatic heterocycles. The van der Waals surface area contributed by atoms with E-state index in [1.165, 1.54) is 0 Å². The SMILES string of the molecule is CCOC(=O)CNC(=O)NCc1cccc(-c2cccc([C@H]3O[C@@H](CN4CCOCC4)[C@@H](C)[C@@H](c4ccc(CO)cc4)O3)c2)c1. The van der Waals surface area contributed by atoms with Crippen molar-refractivity contribution in [2.45, 2.75) is 45.5 Å². The summed E-state index contributed by atoms with van der Waals surface area (Å²) in [5.41, 5.74) is 5.75. The minimum Gasteiger partial charge on any atom is -0.465 e. The molecule has 0 saturated carbocycles. The van der Waals surface area contributed by atoms with Crippen LogP contribution in [0.25, 0.3) is 11.1 Å². The number of morpholine rings is 1. The predicted molar refractivity (Wildman–Crippen MR) is 169 cm³/mol. The van der Waals surface area contributed by atoms with E-state index in [0.717, 1.165) is 66.2 Å². The molecule has 0 aliphatic carbocycles. The van der Waals surface area contributed by atoms with E-state index in [1.54, 1.807) is 6.92 Å². The van der Waals surface area contributed by atoms with Gasteiger partial charge >= 0.3 is 12.0 Å². The summed E-state index contributed by atoms with van der Waals surface area (Å²) in [5, 5.41) is 14.8. The Labute approximate surface area is 264 Å². The highest BCUT2D eigenvalue weighted by Gasteiger charge is 2.39. The van der Waals surface area contributed by atoms with E-state index in [1.807, 2.05) is 66.7 Å². The van der Waals surface area contributed by atoms with Crippen molar-refractivity contribution in [1.29, 1.82) is 0 Å². The summed E-state index contributed by atoms with van der Waals surface area (Å²) in [6.07, 6.45) is -0.810. The number of carbonyl (C=O) groups excluding carboxylic acids is 2. The topological polar surface area (TPSA) is 119 Å². The number of hydrogen-bond acceptors (Lipinski definition) is 8. The fourth-order valence-electron chi connectivity index (χ4n) is 5.70. The molecule has 2 heterocycles. The normalized spacial score (nSPS) is 22.0. The van der Waals surface area contributed by atoms with Crippen LogP contribution in [0.2, 0.25) is 0 Å². The second-order valence-electron chi connectivity index (χ2n) is 11.4. The number of esters is 1. The van der Waals surface area contributed by atoms with E-state index in [4.69, 9.17) is 18.9 Å². The Hall–Kier alpha value is -3.80.